The van der Waals surface area contributed by atoms with E-state index in [1.165, 1.54) is 39.9 Å². The summed E-state index contributed by atoms with van der Waals surface area (Å²) >= 11 is 2.90. The first kappa shape index (κ1) is 29.6. The zero-order valence-corrected chi connectivity index (χ0v) is 18.9. The van der Waals surface area contributed by atoms with Crippen molar-refractivity contribution in [2.24, 2.45) is 0 Å². The smallest absolute Gasteiger partial charge is 0.361 e. The molecule has 2 aliphatic carbocycles. The lowest BCUT2D eigenvalue weighted by Gasteiger charge is -2.28. The molecule has 0 heterocycles. The van der Waals surface area contributed by atoms with Crippen molar-refractivity contribution >= 4 is 27.9 Å². The first-order chi connectivity index (χ1) is 10.7. The quantitative estimate of drug-likeness (QED) is 0.289. The molecule has 2 saturated carbocycles. The van der Waals surface area contributed by atoms with Crippen LogP contribution in [0.5, 0.6) is 0 Å². The minimum atomic E-state index is -0.241. The molecule has 0 atom stereocenters. The van der Waals surface area contributed by atoms with Crippen molar-refractivity contribution in [1.82, 2.24) is 4.90 Å². The van der Waals surface area contributed by atoms with E-state index in [-0.39, 0.29) is 41.7 Å². The first-order valence-electron chi connectivity index (χ1n) is 7.86. The Bertz CT molecular complexity index is 366. The highest BCUT2D eigenvalue weighted by Crippen LogP contribution is 2.30. The van der Waals surface area contributed by atoms with Crippen LogP contribution in [0.25, 0.3) is 0 Å². The van der Waals surface area contributed by atoms with Crippen molar-refractivity contribution in [1.29, 1.82) is 0 Å². The van der Waals surface area contributed by atoms with Crippen molar-refractivity contribution in [3.05, 3.63) is 0 Å². The zero-order chi connectivity index (χ0) is 18.0. The topological polar surface area (TPSA) is 55.8 Å². The Kier molecular flexibility index (Phi) is 17.7. The zero-order valence-electron chi connectivity index (χ0n) is 15.7. The SMILES string of the molecule is C.CN(C)C1CC1.COC(=O)CBr.COC(=O)C[N+](C)(C)C1CC1.[Br-]. The fraction of sp³-hybridized carbons (Fsp3) is 0.882. The summed E-state index contributed by atoms with van der Waals surface area (Å²) < 4.78 is 9.61. The predicted octanol–water partition coefficient (Wildman–Crippen LogP) is -0.697. The van der Waals surface area contributed by atoms with Crippen LogP contribution in [0.3, 0.4) is 0 Å². The monoisotopic (exact) mass is 490 g/mol. The van der Waals surface area contributed by atoms with Gasteiger partial charge in [0.25, 0.3) is 0 Å². The third kappa shape index (κ3) is 15.8. The molecular formula is C17H36Br2N2O4. The van der Waals surface area contributed by atoms with Crippen LogP contribution in [-0.2, 0) is 19.1 Å². The minimum absolute atomic E-state index is 0. The van der Waals surface area contributed by atoms with E-state index in [9.17, 15) is 9.59 Å². The van der Waals surface area contributed by atoms with E-state index in [1.807, 2.05) is 0 Å². The van der Waals surface area contributed by atoms with E-state index >= 15 is 0 Å². The molecule has 25 heavy (non-hydrogen) atoms. The second kappa shape index (κ2) is 14.9. The summed E-state index contributed by atoms with van der Waals surface area (Å²) in [5.41, 5.74) is 0. The number of likely N-dealkylation sites (N-methyl/N-ethyl adjacent to an activating group) is 1. The fourth-order valence-corrected chi connectivity index (χ4v) is 2.17. The number of carbonyl (C=O) groups is 2. The van der Waals surface area contributed by atoms with Crippen LogP contribution in [0, 0.1) is 0 Å². The van der Waals surface area contributed by atoms with Gasteiger partial charge in [0.1, 0.15) is 5.33 Å². The summed E-state index contributed by atoms with van der Waals surface area (Å²) in [4.78, 5) is 23.1. The molecule has 0 radical (unpaired) electrons. The van der Waals surface area contributed by atoms with Gasteiger partial charge < -0.3 is 35.8 Å². The molecule has 0 aliphatic heterocycles. The molecule has 8 heteroatoms. The maximum atomic E-state index is 10.9. The Hall–Kier alpha value is -0.180. The normalized spacial score (nSPS) is 15.2. The molecule has 0 N–H and O–H groups in total. The molecule has 6 nitrogen and oxygen atoms in total. The number of rotatable bonds is 5. The lowest BCUT2D eigenvalue weighted by Crippen LogP contribution is -3.00. The van der Waals surface area contributed by atoms with E-state index in [4.69, 9.17) is 0 Å². The summed E-state index contributed by atoms with van der Waals surface area (Å²) in [6.07, 6.45) is 5.36. The number of ether oxygens (including phenoxy) is 2. The Balaban J connectivity index is -0.000000300. The molecule has 0 amide bonds. The van der Waals surface area contributed by atoms with Crippen molar-refractivity contribution in [3.8, 4) is 0 Å². The Morgan fingerprint density at radius 2 is 1.48 bits per heavy atom. The molecule has 0 bridgehead atoms. The van der Waals surface area contributed by atoms with Crippen LogP contribution in [0.15, 0.2) is 0 Å². The van der Waals surface area contributed by atoms with Crippen LogP contribution in [0.4, 0.5) is 0 Å². The molecule has 0 aromatic carbocycles. The maximum Gasteiger partial charge on any atom is 0.361 e. The van der Waals surface area contributed by atoms with Gasteiger partial charge in [0.2, 0.25) is 0 Å². The molecule has 2 aliphatic rings. The van der Waals surface area contributed by atoms with E-state index in [0.29, 0.717) is 12.6 Å². The van der Waals surface area contributed by atoms with Gasteiger partial charge in [-0.2, -0.15) is 0 Å². The Labute approximate surface area is 172 Å². The van der Waals surface area contributed by atoms with Gasteiger partial charge in [0.05, 0.1) is 34.4 Å². The minimum Gasteiger partial charge on any atom is -1.00 e. The first-order valence-corrected chi connectivity index (χ1v) is 8.98. The van der Waals surface area contributed by atoms with Crippen LogP contribution in [0.2, 0.25) is 0 Å². The summed E-state index contributed by atoms with van der Waals surface area (Å²) in [5.74, 6) is -0.350. The van der Waals surface area contributed by atoms with Crippen molar-refractivity contribution < 1.29 is 40.5 Å². The van der Waals surface area contributed by atoms with Crippen molar-refractivity contribution in [2.75, 3.05) is 54.3 Å². The van der Waals surface area contributed by atoms with E-state index < -0.39 is 0 Å². The number of methoxy groups -OCH3 is 2. The summed E-state index contributed by atoms with van der Waals surface area (Å²) in [5, 5.41) is 0.281. The van der Waals surface area contributed by atoms with Gasteiger partial charge >= 0.3 is 11.9 Å². The van der Waals surface area contributed by atoms with Crippen LogP contribution < -0.4 is 17.0 Å². The van der Waals surface area contributed by atoms with Gasteiger partial charge in [-0.1, -0.05) is 23.4 Å². The Morgan fingerprint density at radius 3 is 1.64 bits per heavy atom. The van der Waals surface area contributed by atoms with Gasteiger partial charge in [-0.25, -0.2) is 4.79 Å². The molecule has 0 aromatic rings. The number of esters is 2. The van der Waals surface area contributed by atoms with Gasteiger partial charge in [-0.05, 0) is 26.9 Å². The maximum absolute atomic E-state index is 10.9. The number of hydrogen-bond acceptors (Lipinski definition) is 5. The van der Waals surface area contributed by atoms with E-state index in [2.05, 4.69) is 58.5 Å². The van der Waals surface area contributed by atoms with Crippen LogP contribution in [0.1, 0.15) is 33.1 Å². The third-order valence-corrected chi connectivity index (χ3v) is 4.37. The highest BCUT2D eigenvalue weighted by atomic mass is 79.9. The molecular weight excluding hydrogens is 456 g/mol. The van der Waals surface area contributed by atoms with Gasteiger partial charge in [-0.15, -0.1) is 0 Å². The van der Waals surface area contributed by atoms with Gasteiger partial charge in [0.15, 0.2) is 6.54 Å². The number of carbonyl (C=O) groups excluding carboxylic acids is 2. The summed E-state index contributed by atoms with van der Waals surface area (Å²) in [6.45, 7) is 0.501. The molecule has 2 rings (SSSR count). The van der Waals surface area contributed by atoms with Crippen molar-refractivity contribution in [2.45, 2.75) is 45.2 Å². The Morgan fingerprint density at radius 1 is 1.04 bits per heavy atom. The molecule has 0 aromatic heterocycles. The molecule has 2 fully saturated rings. The van der Waals surface area contributed by atoms with E-state index in [0.717, 1.165) is 10.5 Å². The average Bonchev–Trinajstić information content (AvgIpc) is 3.36. The summed E-state index contributed by atoms with van der Waals surface area (Å²) in [7, 11) is 11.2. The van der Waals surface area contributed by atoms with Crippen LogP contribution >= 0.6 is 15.9 Å². The third-order valence-electron chi connectivity index (χ3n) is 3.91. The standard InChI is InChI=1S/C8H16NO2.C5H11N.C3H5BrO2.CH4.BrH/c1-9(2,7-4-5-7)6-8(10)11-3;1-6(2)5-3-4-5;1-6-3(5)2-4;;/h7H,4-6H2,1-3H3;5H,3-4H2,1-2H3;2H2,1H3;1H4;1H/q+1;;;;/p-1. The highest BCUT2D eigenvalue weighted by molar-refractivity contribution is 9.09. The fourth-order valence-electron chi connectivity index (χ4n) is 1.95. The second-order valence-electron chi connectivity index (χ2n) is 6.65. The predicted molar refractivity (Wildman–Crippen MR) is 101 cm³/mol. The van der Waals surface area contributed by atoms with Gasteiger partial charge in [-0.3, -0.25) is 4.79 Å². The summed E-state index contributed by atoms with van der Waals surface area (Å²) in [6, 6.07) is 1.62. The molecule has 0 unspecified atom stereocenters. The lowest BCUT2D eigenvalue weighted by molar-refractivity contribution is -0.894. The number of alkyl halides is 1. The lowest BCUT2D eigenvalue weighted by atomic mass is 10.4. The average molecular weight is 492 g/mol. The molecule has 0 saturated heterocycles. The van der Waals surface area contributed by atoms with E-state index in [1.54, 1.807) is 0 Å². The van der Waals surface area contributed by atoms with Crippen LogP contribution in [-0.4, -0.2) is 87.7 Å². The number of nitrogens with zero attached hydrogens (tertiary/aromatic N) is 2. The van der Waals surface area contributed by atoms with Gasteiger partial charge in [0, 0.05) is 18.9 Å². The largest absolute Gasteiger partial charge is 1.00 e. The number of hydrogen-bond donors (Lipinski definition) is 0. The molecule has 0 spiro atoms. The highest BCUT2D eigenvalue weighted by Gasteiger charge is 2.39. The van der Waals surface area contributed by atoms with Crippen molar-refractivity contribution in [3.63, 3.8) is 0 Å². The number of halogens is 2. The number of quaternary nitrogens is 1. The molecule has 152 valence electrons. The second-order valence-corrected chi connectivity index (χ2v) is 7.21.